The van der Waals surface area contributed by atoms with Gasteiger partial charge in [0.2, 0.25) is 5.91 Å². The second-order valence-electron chi connectivity index (χ2n) is 15.8. The Morgan fingerprint density at radius 2 is 1.73 bits per heavy atom. The van der Waals surface area contributed by atoms with Crippen LogP contribution in [-0.4, -0.2) is 90.8 Å². The summed E-state index contributed by atoms with van der Waals surface area (Å²) in [4.78, 5) is 33.2. The smallest absolute Gasteiger partial charge is 0.304 e. The van der Waals surface area contributed by atoms with Crippen LogP contribution in [0.4, 0.5) is 0 Å². The number of hydrogen-bond donors (Lipinski definition) is 1. The predicted molar refractivity (Wildman–Crippen MR) is 188 cm³/mol. The zero-order valence-corrected chi connectivity index (χ0v) is 29.5. The molecule has 0 spiro atoms. The molecule has 49 heavy (non-hydrogen) atoms. The summed E-state index contributed by atoms with van der Waals surface area (Å²) in [5.74, 6) is 0.847. The van der Waals surface area contributed by atoms with E-state index in [4.69, 9.17) is 4.74 Å². The van der Waals surface area contributed by atoms with Crippen LogP contribution in [0.1, 0.15) is 98.0 Å². The molecular formula is C38H47N5O5S. The Morgan fingerprint density at radius 1 is 0.918 bits per heavy atom. The maximum Gasteiger partial charge on any atom is 0.304 e. The van der Waals surface area contributed by atoms with Crippen molar-refractivity contribution in [3.8, 4) is 17.0 Å². The normalized spacial score (nSPS) is 28.5. The van der Waals surface area contributed by atoms with Gasteiger partial charge in [-0.1, -0.05) is 25.3 Å². The fourth-order valence-electron chi connectivity index (χ4n) is 10.0. The lowest BCUT2D eigenvalue weighted by Gasteiger charge is -2.46. The molecule has 2 amide bonds. The fourth-order valence-corrected chi connectivity index (χ4v) is 11.3. The number of hydrogen-bond acceptors (Lipinski definition) is 6. The molecule has 1 aromatic heterocycles. The van der Waals surface area contributed by atoms with Gasteiger partial charge in [-0.3, -0.25) is 14.5 Å². The zero-order chi connectivity index (χ0) is 33.7. The number of benzene rings is 2. The second-order valence-corrected chi connectivity index (χ2v) is 17.5. The number of fused-ring (bicyclic) bond motifs is 8. The summed E-state index contributed by atoms with van der Waals surface area (Å²) < 4.78 is 37.5. The molecule has 2 saturated carbocycles. The van der Waals surface area contributed by atoms with E-state index >= 15 is 0 Å². The number of carbonyl (C=O) groups excluding carboxylic acids is 2. The molecule has 2 unspecified atom stereocenters. The lowest BCUT2D eigenvalue weighted by atomic mass is 9.81. The first-order valence-electron chi connectivity index (χ1n) is 18.3. The Kier molecular flexibility index (Phi) is 7.28. The molecular weight excluding hydrogens is 639 g/mol. The first-order chi connectivity index (χ1) is 23.6. The first-order valence-corrected chi connectivity index (χ1v) is 19.8. The van der Waals surface area contributed by atoms with Gasteiger partial charge in [0, 0.05) is 72.8 Å². The quantitative estimate of drug-likeness (QED) is 0.382. The highest BCUT2D eigenvalue weighted by Crippen LogP contribution is 2.66. The molecule has 3 saturated heterocycles. The van der Waals surface area contributed by atoms with Crippen LogP contribution in [-0.2, 0) is 21.5 Å². The molecule has 2 aliphatic carbocycles. The minimum Gasteiger partial charge on any atom is -0.497 e. The van der Waals surface area contributed by atoms with Crippen LogP contribution in [0.25, 0.3) is 22.2 Å². The van der Waals surface area contributed by atoms with Crippen molar-refractivity contribution in [3.63, 3.8) is 0 Å². The van der Waals surface area contributed by atoms with Gasteiger partial charge in [0.15, 0.2) is 0 Å². The molecule has 3 atom stereocenters. The Labute approximate surface area is 288 Å². The molecule has 260 valence electrons. The Hall–Kier alpha value is -3.41. The molecule has 9 rings (SSSR count). The average Bonchev–Trinajstić information content (AvgIpc) is 3.57. The molecule has 6 aliphatic rings. The Morgan fingerprint density at radius 3 is 2.49 bits per heavy atom. The SMILES string of the molecule is COc1ccc2c(c1)C1CC1(C(=O)N1CCN3CCC[C@@]3(C)C1)Cn1c-2c(C2CCCCC2)c2ccc(C(=O)NS(=O)(=O)N3CCC3)cc21. The molecule has 4 aliphatic heterocycles. The van der Waals surface area contributed by atoms with Gasteiger partial charge >= 0.3 is 10.2 Å². The minimum absolute atomic E-state index is 0.0267. The monoisotopic (exact) mass is 685 g/mol. The molecule has 11 heteroatoms. The largest absolute Gasteiger partial charge is 0.497 e. The summed E-state index contributed by atoms with van der Waals surface area (Å²) in [5, 5.41) is 1.10. The summed E-state index contributed by atoms with van der Waals surface area (Å²) in [6.07, 6.45) is 9.66. The summed E-state index contributed by atoms with van der Waals surface area (Å²) in [6, 6.07) is 12.0. The van der Waals surface area contributed by atoms with Crippen LogP contribution >= 0.6 is 0 Å². The summed E-state index contributed by atoms with van der Waals surface area (Å²) in [7, 11) is -2.19. The predicted octanol–water partition coefficient (Wildman–Crippen LogP) is 5.23. The van der Waals surface area contributed by atoms with Crippen molar-refractivity contribution >= 4 is 32.9 Å². The third-order valence-corrected chi connectivity index (χ3v) is 14.4. The molecule has 0 bridgehead atoms. The molecule has 5 heterocycles. The van der Waals surface area contributed by atoms with Crippen molar-refractivity contribution < 1.29 is 22.7 Å². The Balaban J connectivity index is 1.19. The fraction of sp³-hybridized carbons (Fsp3) is 0.579. The van der Waals surface area contributed by atoms with E-state index in [0.717, 1.165) is 86.2 Å². The van der Waals surface area contributed by atoms with E-state index in [1.54, 1.807) is 13.2 Å². The summed E-state index contributed by atoms with van der Waals surface area (Å²) in [6.45, 7) is 7.22. The Bertz CT molecular complexity index is 1980. The van der Waals surface area contributed by atoms with Crippen molar-refractivity contribution in [2.45, 2.75) is 88.6 Å². The van der Waals surface area contributed by atoms with Crippen LogP contribution in [0.15, 0.2) is 36.4 Å². The lowest BCUT2D eigenvalue weighted by Crippen LogP contribution is -2.60. The van der Waals surface area contributed by atoms with Gasteiger partial charge < -0.3 is 14.2 Å². The van der Waals surface area contributed by atoms with Gasteiger partial charge in [0.25, 0.3) is 5.91 Å². The number of piperazine rings is 1. The maximum absolute atomic E-state index is 15.0. The van der Waals surface area contributed by atoms with Gasteiger partial charge in [0.1, 0.15) is 5.75 Å². The number of nitrogens with zero attached hydrogens (tertiary/aromatic N) is 4. The van der Waals surface area contributed by atoms with E-state index in [9.17, 15) is 18.0 Å². The van der Waals surface area contributed by atoms with Crippen LogP contribution in [0, 0.1) is 5.41 Å². The lowest BCUT2D eigenvalue weighted by molar-refractivity contribution is -0.142. The minimum atomic E-state index is -3.89. The standard InChI is InChI=1S/C38H47N5O5S/c1-37-14-6-15-41(37)19-18-40(23-37)36(45)38-22-31(38)30-21-27(48-2)11-13-28(30)34-33(25-8-4-3-5-9-25)29-12-10-26(20-32(29)43(34)24-38)35(44)39-49(46,47)42-16-7-17-42/h10-13,20-21,25,31H,3-9,14-19,22-24H2,1-2H3,(H,39,44)/t31?,37-,38?/m0/s1. The van der Waals surface area contributed by atoms with Crippen LogP contribution in [0.5, 0.6) is 5.75 Å². The third kappa shape index (κ3) is 4.89. The van der Waals surface area contributed by atoms with Crippen molar-refractivity contribution in [1.29, 1.82) is 0 Å². The van der Waals surface area contributed by atoms with E-state index in [-0.39, 0.29) is 17.4 Å². The number of amides is 2. The van der Waals surface area contributed by atoms with E-state index in [2.05, 4.69) is 38.1 Å². The van der Waals surface area contributed by atoms with Crippen LogP contribution in [0.2, 0.25) is 0 Å². The molecule has 0 radical (unpaired) electrons. The number of aromatic nitrogens is 1. The van der Waals surface area contributed by atoms with Crippen molar-refractivity contribution in [3.05, 3.63) is 53.1 Å². The van der Waals surface area contributed by atoms with Crippen LogP contribution < -0.4 is 9.46 Å². The zero-order valence-electron chi connectivity index (χ0n) is 28.7. The van der Waals surface area contributed by atoms with Crippen molar-refractivity contribution in [2.24, 2.45) is 5.41 Å². The van der Waals surface area contributed by atoms with Crippen molar-refractivity contribution in [2.75, 3.05) is 46.4 Å². The first kappa shape index (κ1) is 31.6. The van der Waals surface area contributed by atoms with Gasteiger partial charge in [-0.2, -0.15) is 12.7 Å². The molecule has 1 N–H and O–H groups in total. The van der Waals surface area contributed by atoms with E-state index < -0.39 is 21.5 Å². The molecule has 2 aromatic carbocycles. The molecule has 5 fully saturated rings. The number of methoxy groups -OCH3 is 1. The highest BCUT2D eigenvalue weighted by molar-refractivity contribution is 7.87. The van der Waals surface area contributed by atoms with Crippen molar-refractivity contribution in [1.82, 2.24) is 23.4 Å². The summed E-state index contributed by atoms with van der Waals surface area (Å²) in [5.41, 5.74) is 5.42. The average molecular weight is 686 g/mol. The van der Waals surface area contributed by atoms with E-state index in [0.29, 0.717) is 31.1 Å². The topological polar surface area (TPSA) is 104 Å². The summed E-state index contributed by atoms with van der Waals surface area (Å²) >= 11 is 0. The van der Waals surface area contributed by atoms with E-state index in [1.807, 2.05) is 18.2 Å². The van der Waals surface area contributed by atoms with Gasteiger partial charge in [-0.05, 0) is 99.4 Å². The third-order valence-electron chi connectivity index (χ3n) is 13.0. The number of ether oxygens (including phenoxy) is 1. The highest BCUT2D eigenvalue weighted by atomic mass is 32.2. The number of carbonyl (C=O) groups is 2. The highest BCUT2D eigenvalue weighted by Gasteiger charge is 2.64. The van der Waals surface area contributed by atoms with E-state index in [1.165, 1.54) is 41.1 Å². The number of rotatable bonds is 6. The van der Waals surface area contributed by atoms with Gasteiger partial charge in [-0.25, -0.2) is 4.72 Å². The van der Waals surface area contributed by atoms with Gasteiger partial charge in [0.05, 0.1) is 18.2 Å². The van der Waals surface area contributed by atoms with Crippen LogP contribution in [0.3, 0.4) is 0 Å². The van der Waals surface area contributed by atoms with Gasteiger partial charge in [-0.15, -0.1) is 0 Å². The molecule has 3 aromatic rings. The molecule has 10 nitrogen and oxygen atoms in total. The maximum atomic E-state index is 15.0. The second kappa shape index (κ2) is 11.3. The number of nitrogens with one attached hydrogen (secondary N) is 1.